The molecule has 3 aliphatic rings. The van der Waals surface area contributed by atoms with Crippen LogP contribution < -0.4 is 10.2 Å². The Morgan fingerprint density at radius 3 is 2.77 bits per heavy atom. The zero-order chi connectivity index (χ0) is 17.8. The number of anilines is 1. The Balaban J connectivity index is 1.25. The average molecular weight is 358 g/mol. The topological polar surface area (TPSA) is 51.7 Å². The molecule has 2 atom stereocenters. The standard InChI is InChI=1S/C20H31N5O/c26-20(18-6-8-21-14-18)25-9-3-4-17(16-25)15-23-10-12-24(13-11-23)19-5-1-2-7-22-19/h1-2,5,7,17-18,21H,3-4,6,8-16H2. The zero-order valence-electron chi connectivity index (χ0n) is 15.6. The van der Waals surface area contributed by atoms with Crippen molar-refractivity contribution in [1.82, 2.24) is 20.1 Å². The van der Waals surface area contributed by atoms with Crippen molar-refractivity contribution in [3.8, 4) is 0 Å². The van der Waals surface area contributed by atoms with Crippen molar-refractivity contribution >= 4 is 11.7 Å². The van der Waals surface area contributed by atoms with Gasteiger partial charge in [-0.15, -0.1) is 0 Å². The van der Waals surface area contributed by atoms with Crippen LogP contribution in [0.2, 0.25) is 0 Å². The van der Waals surface area contributed by atoms with Crippen LogP contribution in [0.25, 0.3) is 0 Å². The second-order valence-corrected chi connectivity index (χ2v) is 7.96. The molecule has 0 aliphatic carbocycles. The highest BCUT2D eigenvalue weighted by Crippen LogP contribution is 2.22. The maximum atomic E-state index is 12.7. The molecule has 6 heteroatoms. The van der Waals surface area contributed by atoms with Crippen LogP contribution in [0, 0.1) is 11.8 Å². The molecule has 0 aromatic carbocycles. The first-order chi connectivity index (χ1) is 12.8. The van der Waals surface area contributed by atoms with Crippen LogP contribution in [0.5, 0.6) is 0 Å². The minimum Gasteiger partial charge on any atom is -0.354 e. The second-order valence-electron chi connectivity index (χ2n) is 7.96. The number of carbonyl (C=O) groups is 1. The largest absolute Gasteiger partial charge is 0.354 e. The number of hydrogen-bond acceptors (Lipinski definition) is 5. The Labute approximate surface area is 156 Å². The Kier molecular flexibility index (Phi) is 5.70. The van der Waals surface area contributed by atoms with E-state index in [-0.39, 0.29) is 5.92 Å². The molecule has 1 N–H and O–H groups in total. The Morgan fingerprint density at radius 2 is 2.04 bits per heavy atom. The summed E-state index contributed by atoms with van der Waals surface area (Å²) in [6.45, 7) is 9.17. The van der Waals surface area contributed by atoms with E-state index in [0.29, 0.717) is 11.8 Å². The van der Waals surface area contributed by atoms with Crippen LogP contribution in [0.4, 0.5) is 5.82 Å². The molecule has 6 nitrogen and oxygen atoms in total. The first-order valence-electron chi connectivity index (χ1n) is 10.2. The molecule has 2 unspecified atom stereocenters. The smallest absolute Gasteiger partial charge is 0.227 e. The summed E-state index contributed by atoms with van der Waals surface area (Å²) in [7, 11) is 0. The van der Waals surface area contributed by atoms with Crippen molar-refractivity contribution in [2.24, 2.45) is 11.8 Å². The van der Waals surface area contributed by atoms with Gasteiger partial charge in [-0.3, -0.25) is 9.69 Å². The lowest BCUT2D eigenvalue weighted by molar-refractivity contribution is -0.136. The van der Waals surface area contributed by atoms with Crippen LogP contribution in [-0.4, -0.2) is 79.6 Å². The van der Waals surface area contributed by atoms with Gasteiger partial charge in [0.25, 0.3) is 0 Å². The number of rotatable bonds is 4. The summed E-state index contributed by atoms with van der Waals surface area (Å²) in [6, 6.07) is 6.12. The number of aromatic nitrogens is 1. The summed E-state index contributed by atoms with van der Waals surface area (Å²) < 4.78 is 0. The van der Waals surface area contributed by atoms with Gasteiger partial charge in [-0.05, 0) is 43.9 Å². The highest BCUT2D eigenvalue weighted by molar-refractivity contribution is 5.79. The van der Waals surface area contributed by atoms with Crippen molar-refractivity contribution in [3.05, 3.63) is 24.4 Å². The van der Waals surface area contributed by atoms with Crippen LogP contribution in [0.1, 0.15) is 19.3 Å². The molecule has 142 valence electrons. The molecule has 4 rings (SSSR count). The van der Waals surface area contributed by atoms with Gasteiger partial charge in [0.05, 0.1) is 5.92 Å². The number of carbonyl (C=O) groups excluding carboxylic acids is 1. The molecule has 1 amide bonds. The summed E-state index contributed by atoms with van der Waals surface area (Å²) in [5.74, 6) is 2.32. The fourth-order valence-corrected chi connectivity index (χ4v) is 4.60. The van der Waals surface area contributed by atoms with Crippen LogP contribution in [0.15, 0.2) is 24.4 Å². The van der Waals surface area contributed by atoms with Gasteiger partial charge in [0.15, 0.2) is 0 Å². The molecule has 3 aliphatic heterocycles. The number of likely N-dealkylation sites (tertiary alicyclic amines) is 1. The van der Waals surface area contributed by atoms with E-state index in [9.17, 15) is 4.79 Å². The predicted molar refractivity (Wildman–Crippen MR) is 103 cm³/mol. The number of hydrogen-bond donors (Lipinski definition) is 1. The number of amides is 1. The number of nitrogens with one attached hydrogen (secondary N) is 1. The van der Waals surface area contributed by atoms with Gasteiger partial charge in [0, 0.05) is 58.6 Å². The Hall–Kier alpha value is -1.66. The first kappa shape index (κ1) is 17.7. The average Bonchev–Trinajstić information content (AvgIpc) is 3.24. The van der Waals surface area contributed by atoms with Crippen molar-refractivity contribution in [3.63, 3.8) is 0 Å². The maximum absolute atomic E-state index is 12.7. The summed E-state index contributed by atoms with van der Waals surface area (Å²) in [5, 5.41) is 3.32. The van der Waals surface area contributed by atoms with E-state index in [2.05, 4.69) is 37.1 Å². The first-order valence-corrected chi connectivity index (χ1v) is 10.2. The normalized spacial score (nSPS) is 27.7. The van der Waals surface area contributed by atoms with Gasteiger partial charge in [-0.25, -0.2) is 4.98 Å². The maximum Gasteiger partial charge on any atom is 0.227 e. The van der Waals surface area contributed by atoms with E-state index in [1.165, 1.54) is 6.42 Å². The van der Waals surface area contributed by atoms with Crippen molar-refractivity contribution < 1.29 is 4.79 Å². The number of piperazine rings is 1. The molecule has 3 fully saturated rings. The molecule has 1 aromatic heterocycles. The molecule has 3 saturated heterocycles. The number of nitrogens with zero attached hydrogens (tertiary/aromatic N) is 4. The fraction of sp³-hybridized carbons (Fsp3) is 0.700. The highest BCUT2D eigenvalue weighted by atomic mass is 16.2. The molecular weight excluding hydrogens is 326 g/mol. The monoisotopic (exact) mass is 357 g/mol. The van der Waals surface area contributed by atoms with E-state index in [1.54, 1.807) is 0 Å². The Bertz CT molecular complexity index is 581. The lowest BCUT2D eigenvalue weighted by atomic mass is 9.95. The second kappa shape index (κ2) is 8.35. The van der Waals surface area contributed by atoms with Gasteiger partial charge < -0.3 is 15.1 Å². The highest BCUT2D eigenvalue weighted by Gasteiger charge is 2.31. The van der Waals surface area contributed by atoms with Gasteiger partial charge in [0.1, 0.15) is 5.82 Å². The van der Waals surface area contributed by atoms with E-state index >= 15 is 0 Å². The van der Waals surface area contributed by atoms with Crippen molar-refractivity contribution in [1.29, 1.82) is 0 Å². The van der Waals surface area contributed by atoms with Crippen LogP contribution >= 0.6 is 0 Å². The van der Waals surface area contributed by atoms with E-state index in [4.69, 9.17) is 0 Å². The third-order valence-corrected chi connectivity index (χ3v) is 6.10. The molecule has 0 radical (unpaired) electrons. The molecule has 4 heterocycles. The van der Waals surface area contributed by atoms with Gasteiger partial charge >= 0.3 is 0 Å². The third kappa shape index (κ3) is 4.18. The van der Waals surface area contributed by atoms with Gasteiger partial charge in [0.2, 0.25) is 5.91 Å². The summed E-state index contributed by atoms with van der Waals surface area (Å²) in [5.41, 5.74) is 0. The predicted octanol–water partition coefficient (Wildman–Crippen LogP) is 1.05. The summed E-state index contributed by atoms with van der Waals surface area (Å²) in [6.07, 6.45) is 5.29. The summed E-state index contributed by atoms with van der Waals surface area (Å²) >= 11 is 0. The molecule has 0 saturated carbocycles. The van der Waals surface area contributed by atoms with E-state index in [1.807, 2.05) is 12.3 Å². The molecule has 1 aromatic rings. The Morgan fingerprint density at radius 1 is 1.15 bits per heavy atom. The number of piperidine rings is 1. The van der Waals surface area contributed by atoms with Gasteiger partial charge in [-0.2, -0.15) is 0 Å². The quantitative estimate of drug-likeness (QED) is 0.873. The lowest BCUT2D eigenvalue weighted by Crippen LogP contribution is -2.51. The molecular formula is C20H31N5O. The lowest BCUT2D eigenvalue weighted by Gasteiger charge is -2.40. The number of pyridine rings is 1. The third-order valence-electron chi connectivity index (χ3n) is 6.10. The molecule has 26 heavy (non-hydrogen) atoms. The van der Waals surface area contributed by atoms with Crippen molar-refractivity contribution in [2.45, 2.75) is 19.3 Å². The van der Waals surface area contributed by atoms with E-state index < -0.39 is 0 Å². The SMILES string of the molecule is O=C(C1CCNC1)N1CCCC(CN2CCN(c3ccccn3)CC2)C1. The van der Waals surface area contributed by atoms with E-state index in [0.717, 1.165) is 77.6 Å². The minimum absolute atomic E-state index is 0.218. The zero-order valence-corrected chi connectivity index (χ0v) is 15.6. The molecule has 0 spiro atoms. The van der Waals surface area contributed by atoms with Gasteiger partial charge in [-0.1, -0.05) is 6.07 Å². The minimum atomic E-state index is 0.218. The van der Waals surface area contributed by atoms with Crippen molar-refractivity contribution in [2.75, 3.05) is 63.8 Å². The van der Waals surface area contributed by atoms with Crippen LogP contribution in [0.3, 0.4) is 0 Å². The summed E-state index contributed by atoms with van der Waals surface area (Å²) in [4.78, 5) is 24.3. The molecule has 0 bridgehead atoms. The fourth-order valence-electron chi connectivity index (χ4n) is 4.60. The van der Waals surface area contributed by atoms with Crippen LogP contribution in [-0.2, 0) is 4.79 Å².